The van der Waals surface area contributed by atoms with Gasteiger partial charge in [0.05, 0.1) is 5.92 Å². The Kier molecular flexibility index (Phi) is 5.21. The number of halogens is 3. The van der Waals surface area contributed by atoms with Crippen LogP contribution in [0.5, 0.6) is 0 Å². The molecule has 0 saturated carbocycles. The number of nitrogens with zero attached hydrogens (tertiary/aromatic N) is 2. The summed E-state index contributed by atoms with van der Waals surface area (Å²) in [6.07, 6.45) is -0.382. The fraction of sp³-hybridized carbons (Fsp3) is 0.522. The minimum Gasteiger partial charge on any atom is -0.353 e. The quantitative estimate of drug-likeness (QED) is 0.799. The molecule has 7 heteroatoms. The zero-order valence-corrected chi connectivity index (χ0v) is 17.8. The van der Waals surface area contributed by atoms with Gasteiger partial charge in [-0.25, -0.2) is 0 Å². The third-order valence-corrected chi connectivity index (χ3v) is 6.73. The first-order chi connectivity index (χ1) is 14.2. The zero-order chi connectivity index (χ0) is 21.8. The van der Waals surface area contributed by atoms with Crippen molar-refractivity contribution in [3.63, 3.8) is 0 Å². The highest BCUT2D eigenvalue weighted by Gasteiger charge is 2.43. The van der Waals surface area contributed by atoms with Gasteiger partial charge in [0.25, 0.3) is 0 Å². The second-order valence-electron chi connectivity index (χ2n) is 8.49. The number of carbonyl (C=O) groups excluding carboxylic acids is 1. The second kappa shape index (κ2) is 7.45. The van der Waals surface area contributed by atoms with Crippen LogP contribution in [0.2, 0.25) is 0 Å². The van der Waals surface area contributed by atoms with E-state index in [2.05, 4.69) is 5.32 Å². The van der Waals surface area contributed by atoms with E-state index >= 15 is 0 Å². The van der Waals surface area contributed by atoms with Crippen molar-refractivity contribution in [2.24, 2.45) is 13.0 Å². The molecular weight excluding hydrogens is 391 g/mol. The molecule has 0 spiro atoms. The summed E-state index contributed by atoms with van der Waals surface area (Å²) in [7, 11) is 3.38. The molecule has 2 heterocycles. The van der Waals surface area contributed by atoms with E-state index in [-0.39, 0.29) is 23.9 Å². The molecule has 4 nitrogen and oxygen atoms in total. The van der Waals surface area contributed by atoms with Crippen LogP contribution >= 0.6 is 0 Å². The Morgan fingerprint density at radius 3 is 2.57 bits per heavy atom. The van der Waals surface area contributed by atoms with Gasteiger partial charge in [-0.15, -0.1) is 0 Å². The monoisotopic (exact) mass is 419 g/mol. The molecule has 0 fully saturated rings. The molecule has 0 bridgehead atoms. The maximum atomic E-state index is 13.9. The van der Waals surface area contributed by atoms with Crippen LogP contribution in [0.3, 0.4) is 0 Å². The number of fused-ring (bicyclic) bond motifs is 2. The van der Waals surface area contributed by atoms with Crippen LogP contribution in [0.25, 0.3) is 16.5 Å². The first kappa shape index (κ1) is 21.0. The number of carbonyl (C=O) groups is 1. The number of amides is 1. The normalized spacial score (nSPS) is 21.7. The van der Waals surface area contributed by atoms with Crippen molar-refractivity contribution in [2.45, 2.75) is 51.4 Å². The van der Waals surface area contributed by atoms with Gasteiger partial charge in [-0.1, -0.05) is 32.1 Å². The molecule has 2 aliphatic rings. The molecule has 30 heavy (non-hydrogen) atoms. The van der Waals surface area contributed by atoms with E-state index in [4.69, 9.17) is 0 Å². The molecule has 4 rings (SSSR count). The van der Waals surface area contributed by atoms with Gasteiger partial charge in [0.2, 0.25) is 5.91 Å². The Morgan fingerprint density at radius 1 is 1.23 bits per heavy atom. The van der Waals surface area contributed by atoms with E-state index in [1.165, 1.54) is 11.6 Å². The van der Waals surface area contributed by atoms with Crippen LogP contribution < -0.4 is 5.32 Å². The van der Waals surface area contributed by atoms with E-state index in [0.717, 1.165) is 24.0 Å². The molecule has 1 N–H and O–H groups in total. The van der Waals surface area contributed by atoms with Crippen LogP contribution in [0, 0.1) is 5.92 Å². The molecule has 162 valence electrons. The zero-order valence-electron chi connectivity index (χ0n) is 17.8. The number of nitrogens with one attached hydrogen (secondary N) is 1. The first-order valence-corrected chi connectivity index (χ1v) is 10.6. The number of likely N-dealkylation sites (N-methyl/N-ethyl adjacent to an activating group) is 1. The van der Waals surface area contributed by atoms with E-state index < -0.39 is 11.9 Å². The fourth-order valence-electron chi connectivity index (χ4n) is 5.12. The van der Waals surface area contributed by atoms with Gasteiger partial charge >= 0.3 is 6.18 Å². The van der Waals surface area contributed by atoms with Crippen molar-refractivity contribution in [1.29, 1.82) is 0 Å². The van der Waals surface area contributed by atoms with Crippen LogP contribution in [0.4, 0.5) is 13.2 Å². The summed E-state index contributed by atoms with van der Waals surface area (Å²) in [6.45, 7) is 4.60. The van der Waals surface area contributed by atoms with Crippen molar-refractivity contribution in [3.05, 3.63) is 41.1 Å². The molecule has 1 aromatic carbocycles. The number of aryl methyl sites for hydroxylation is 1. The standard InChI is InChI=1S/C23H28F3N3O/c1-5-14(6-2)27-22(30)13-10-16-15-8-7-9-18-20(15)17(11-19(16)28(3)12-13)21(29(18)4)23(24,25)26/h7-10,13-14,19H,5-6,11-12H2,1-4H3,(H,27,30)/t13-,19-/m1/s1. The van der Waals surface area contributed by atoms with Crippen molar-refractivity contribution in [3.8, 4) is 0 Å². The molecule has 2 aromatic rings. The van der Waals surface area contributed by atoms with Gasteiger partial charge in [-0.05, 0) is 49.1 Å². The Morgan fingerprint density at radius 2 is 1.93 bits per heavy atom. The lowest BCUT2D eigenvalue weighted by atomic mass is 9.79. The van der Waals surface area contributed by atoms with Gasteiger partial charge < -0.3 is 9.88 Å². The number of rotatable bonds is 4. The number of benzene rings is 1. The van der Waals surface area contributed by atoms with Crippen molar-refractivity contribution in [1.82, 2.24) is 14.8 Å². The SMILES string of the molecule is CCC(CC)NC(=O)[C@@H]1C=C2c3cccc4c3c(c(C(F)(F)F)n4C)C[C@H]2N(C)C1. The Bertz CT molecular complexity index is 1020. The van der Waals surface area contributed by atoms with Gasteiger partial charge in [-0.2, -0.15) is 13.2 Å². The average molecular weight is 419 g/mol. The largest absolute Gasteiger partial charge is 0.431 e. The Hall–Kier alpha value is -2.28. The topological polar surface area (TPSA) is 37.3 Å². The van der Waals surface area contributed by atoms with Gasteiger partial charge in [0.1, 0.15) is 5.69 Å². The summed E-state index contributed by atoms with van der Waals surface area (Å²) >= 11 is 0. The summed E-state index contributed by atoms with van der Waals surface area (Å²) < 4.78 is 42.9. The maximum absolute atomic E-state index is 13.9. The second-order valence-corrected chi connectivity index (χ2v) is 8.49. The molecule has 0 saturated heterocycles. The maximum Gasteiger partial charge on any atom is 0.431 e. The molecule has 1 aliphatic heterocycles. The van der Waals surface area contributed by atoms with E-state index in [1.54, 1.807) is 12.1 Å². The highest BCUT2D eigenvalue weighted by Crippen LogP contribution is 2.46. The van der Waals surface area contributed by atoms with Crippen molar-refractivity contribution < 1.29 is 18.0 Å². The smallest absolute Gasteiger partial charge is 0.353 e. The third-order valence-electron chi connectivity index (χ3n) is 6.73. The van der Waals surface area contributed by atoms with Crippen LogP contribution in [-0.2, 0) is 24.4 Å². The molecule has 1 aromatic heterocycles. The number of hydrogen-bond donors (Lipinski definition) is 1. The summed E-state index contributed by atoms with van der Waals surface area (Å²) in [4.78, 5) is 14.9. The lowest BCUT2D eigenvalue weighted by molar-refractivity contribution is -0.143. The van der Waals surface area contributed by atoms with Crippen molar-refractivity contribution >= 4 is 22.4 Å². The first-order valence-electron chi connectivity index (χ1n) is 10.6. The summed E-state index contributed by atoms with van der Waals surface area (Å²) in [6, 6.07) is 5.41. The Labute approximate surface area is 174 Å². The molecule has 0 unspecified atom stereocenters. The lowest BCUT2D eigenvalue weighted by Crippen LogP contribution is -2.48. The fourth-order valence-corrected chi connectivity index (χ4v) is 5.12. The summed E-state index contributed by atoms with van der Waals surface area (Å²) in [5.41, 5.74) is 2.17. The average Bonchev–Trinajstić information content (AvgIpc) is 2.99. The Balaban J connectivity index is 1.83. The van der Waals surface area contributed by atoms with Crippen molar-refractivity contribution in [2.75, 3.05) is 13.6 Å². The lowest BCUT2D eigenvalue weighted by Gasteiger charge is -2.40. The number of aromatic nitrogens is 1. The summed E-state index contributed by atoms with van der Waals surface area (Å²) in [5.74, 6) is -0.326. The van der Waals surface area contributed by atoms with E-state index in [1.807, 2.05) is 37.9 Å². The van der Waals surface area contributed by atoms with Gasteiger partial charge in [0, 0.05) is 36.6 Å². The molecule has 1 amide bonds. The predicted molar refractivity (Wildman–Crippen MR) is 112 cm³/mol. The number of alkyl halides is 3. The van der Waals surface area contributed by atoms with E-state index in [9.17, 15) is 18.0 Å². The highest BCUT2D eigenvalue weighted by atomic mass is 19.4. The van der Waals surface area contributed by atoms with Gasteiger partial charge in [-0.3, -0.25) is 9.69 Å². The molecular formula is C23H28F3N3O. The predicted octanol–water partition coefficient (Wildman–Crippen LogP) is 4.37. The molecule has 0 radical (unpaired) electrons. The minimum absolute atomic E-state index is 0.0106. The van der Waals surface area contributed by atoms with Crippen LogP contribution in [0.15, 0.2) is 24.3 Å². The van der Waals surface area contributed by atoms with Crippen LogP contribution in [0.1, 0.15) is 43.5 Å². The minimum atomic E-state index is -4.41. The van der Waals surface area contributed by atoms with Gasteiger partial charge in [0.15, 0.2) is 0 Å². The molecule has 1 aliphatic carbocycles. The summed E-state index contributed by atoms with van der Waals surface area (Å²) in [5, 5.41) is 3.79. The molecule has 2 atom stereocenters. The van der Waals surface area contributed by atoms with E-state index in [0.29, 0.717) is 29.4 Å². The van der Waals surface area contributed by atoms with Crippen LogP contribution in [-0.4, -0.2) is 41.1 Å². The third kappa shape index (κ3) is 3.23. The number of hydrogen-bond acceptors (Lipinski definition) is 2. The highest BCUT2D eigenvalue weighted by molar-refractivity contribution is 6.00.